The Kier molecular flexibility index (Phi) is 5.10. The highest BCUT2D eigenvalue weighted by atomic mass is 16.5. The quantitative estimate of drug-likeness (QED) is 0.877. The zero-order chi connectivity index (χ0) is 16.9. The maximum atomic E-state index is 12.0. The Balaban J connectivity index is 1.44. The molecule has 2 amide bonds. The molecule has 7 heteroatoms. The molecule has 0 unspecified atom stereocenters. The first-order chi connectivity index (χ1) is 11.6. The van der Waals surface area contributed by atoms with Gasteiger partial charge in [0.25, 0.3) is 0 Å². The van der Waals surface area contributed by atoms with Gasteiger partial charge in [0.15, 0.2) is 5.82 Å². The van der Waals surface area contributed by atoms with E-state index in [2.05, 4.69) is 56.9 Å². The molecule has 2 atom stereocenters. The zero-order valence-electron chi connectivity index (χ0n) is 14.0. The van der Waals surface area contributed by atoms with E-state index >= 15 is 0 Å². The summed E-state index contributed by atoms with van der Waals surface area (Å²) in [5.74, 6) is 0.974. The van der Waals surface area contributed by atoms with Crippen LogP contribution >= 0.6 is 0 Å². The highest BCUT2D eigenvalue weighted by Crippen LogP contribution is 2.24. The summed E-state index contributed by atoms with van der Waals surface area (Å²) in [6.07, 6.45) is 0.950. The number of benzene rings is 1. The smallest absolute Gasteiger partial charge is 0.315 e. The number of carbonyl (C=O) groups is 1. The Morgan fingerprint density at radius 2 is 2.21 bits per heavy atom. The molecule has 2 heterocycles. The van der Waals surface area contributed by atoms with Crippen molar-refractivity contribution < 1.29 is 9.32 Å². The van der Waals surface area contributed by atoms with Crippen LogP contribution in [0.15, 0.2) is 34.9 Å². The molecule has 24 heavy (non-hydrogen) atoms. The molecule has 2 aromatic rings. The molecule has 2 N–H and O–H groups in total. The van der Waals surface area contributed by atoms with Gasteiger partial charge in [0.1, 0.15) is 0 Å². The third-order valence-electron chi connectivity index (χ3n) is 4.36. The van der Waals surface area contributed by atoms with Gasteiger partial charge in [-0.2, -0.15) is 4.98 Å². The average Bonchev–Trinajstić information content (AvgIpc) is 3.22. The Labute approximate surface area is 141 Å². The molecule has 0 radical (unpaired) electrons. The van der Waals surface area contributed by atoms with Crippen molar-refractivity contribution in [2.75, 3.05) is 13.1 Å². The topological polar surface area (TPSA) is 83.3 Å². The molecule has 0 spiro atoms. The van der Waals surface area contributed by atoms with Crippen LogP contribution in [0.2, 0.25) is 0 Å². The van der Waals surface area contributed by atoms with Crippen molar-refractivity contribution >= 4 is 6.03 Å². The molecule has 1 saturated heterocycles. The molecular formula is C17H23N5O2. The number of aryl methyl sites for hydroxylation is 1. The summed E-state index contributed by atoms with van der Waals surface area (Å²) < 4.78 is 4.87. The van der Waals surface area contributed by atoms with E-state index in [1.807, 2.05) is 6.07 Å². The number of urea groups is 1. The molecule has 3 rings (SSSR count). The molecule has 1 fully saturated rings. The summed E-state index contributed by atoms with van der Waals surface area (Å²) in [5, 5.41) is 9.53. The standard InChI is InChI=1S/C17H23N5O2/c1-12(14-6-4-3-5-7-14)22-9-8-15(11-22)20-17(23)18-10-16-19-13(2)24-21-16/h3-7,12,15H,8-11H2,1-2H3,(H2,18,20,23)/t12-,15+/m1/s1. The van der Waals surface area contributed by atoms with Crippen LogP contribution in [-0.2, 0) is 6.54 Å². The normalized spacial score (nSPS) is 19.2. The number of nitrogens with zero attached hydrogens (tertiary/aromatic N) is 3. The number of likely N-dealkylation sites (tertiary alicyclic amines) is 1. The Bertz CT molecular complexity index is 673. The van der Waals surface area contributed by atoms with E-state index in [4.69, 9.17) is 4.52 Å². The van der Waals surface area contributed by atoms with Crippen molar-refractivity contribution in [3.8, 4) is 0 Å². The van der Waals surface area contributed by atoms with Crippen molar-refractivity contribution in [2.45, 2.75) is 38.9 Å². The van der Waals surface area contributed by atoms with Gasteiger partial charge >= 0.3 is 6.03 Å². The lowest BCUT2D eigenvalue weighted by molar-refractivity contribution is 0.231. The zero-order valence-corrected chi connectivity index (χ0v) is 14.0. The first-order valence-electron chi connectivity index (χ1n) is 8.24. The van der Waals surface area contributed by atoms with Crippen LogP contribution in [0.4, 0.5) is 4.79 Å². The molecule has 0 bridgehead atoms. The number of carbonyl (C=O) groups excluding carboxylic acids is 1. The van der Waals surface area contributed by atoms with Gasteiger partial charge in [-0.3, -0.25) is 4.90 Å². The van der Waals surface area contributed by atoms with E-state index in [0.717, 1.165) is 19.5 Å². The van der Waals surface area contributed by atoms with E-state index in [1.165, 1.54) is 5.56 Å². The molecule has 0 aliphatic carbocycles. The van der Waals surface area contributed by atoms with E-state index < -0.39 is 0 Å². The highest BCUT2D eigenvalue weighted by molar-refractivity contribution is 5.74. The van der Waals surface area contributed by atoms with Crippen LogP contribution in [0.25, 0.3) is 0 Å². The van der Waals surface area contributed by atoms with Gasteiger partial charge in [-0.15, -0.1) is 0 Å². The van der Waals surface area contributed by atoms with Gasteiger partial charge < -0.3 is 15.2 Å². The van der Waals surface area contributed by atoms with Gasteiger partial charge in [-0.05, 0) is 18.9 Å². The fourth-order valence-electron chi connectivity index (χ4n) is 3.01. The number of hydrogen-bond acceptors (Lipinski definition) is 5. The maximum Gasteiger partial charge on any atom is 0.315 e. The Morgan fingerprint density at radius 3 is 2.92 bits per heavy atom. The molecule has 128 valence electrons. The lowest BCUT2D eigenvalue weighted by Gasteiger charge is -2.24. The summed E-state index contributed by atoms with van der Waals surface area (Å²) in [7, 11) is 0. The number of rotatable bonds is 5. The van der Waals surface area contributed by atoms with Crippen molar-refractivity contribution in [1.82, 2.24) is 25.7 Å². The first-order valence-corrected chi connectivity index (χ1v) is 8.24. The highest BCUT2D eigenvalue weighted by Gasteiger charge is 2.27. The van der Waals surface area contributed by atoms with Gasteiger partial charge in [0.05, 0.1) is 6.54 Å². The SMILES string of the molecule is Cc1nc(CNC(=O)N[C@H]2CCN([C@H](C)c3ccccc3)C2)no1. The van der Waals surface area contributed by atoms with E-state index in [-0.39, 0.29) is 18.6 Å². The van der Waals surface area contributed by atoms with Crippen LogP contribution in [0.1, 0.15) is 36.7 Å². The summed E-state index contributed by atoms with van der Waals surface area (Å²) in [6.45, 7) is 6.02. The lowest BCUT2D eigenvalue weighted by atomic mass is 10.1. The van der Waals surface area contributed by atoms with E-state index in [9.17, 15) is 4.79 Å². The van der Waals surface area contributed by atoms with Gasteiger partial charge in [-0.1, -0.05) is 35.5 Å². The minimum Gasteiger partial charge on any atom is -0.340 e. The van der Waals surface area contributed by atoms with Crippen molar-refractivity contribution in [3.63, 3.8) is 0 Å². The minimum absolute atomic E-state index is 0.156. The van der Waals surface area contributed by atoms with Crippen LogP contribution in [0.5, 0.6) is 0 Å². The molecule has 7 nitrogen and oxygen atoms in total. The minimum atomic E-state index is -0.198. The third kappa shape index (κ3) is 4.11. The maximum absolute atomic E-state index is 12.0. The molecular weight excluding hydrogens is 306 g/mol. The van der Waals surface area contributed by atoms with Gasteiger partial charge in [-0.25, -0.2) is 4.79 Å². The number of aromatic nitrogens is 2. The average molecular weight is 329 g/mol. The summed E-state index contributed by atoms with van der Waals surface area (Å²) in [5.41, 5.74) is 1.30. The predicted molar refractivity (Wildman–Crippen MR) is 89.2 cm³/mol. The third-order valence-corrected chi connectivity index (χ3v) is 4.36. The predicted octanol–water partition coefficient (Wildman–Crippen LogP) is 2.01. The molecule has 0 saturated carbocycles. The monoisotopic (exact) mass is 329 g/mol. The first kappa shape index (κ1) is 16.4. The van der Waals surface area contributed by atoms with E-state index in [0.29, 0.717) is 17.8 Å². The number of amides is 2. The molecule has 1 aliphatic rings. The second kappa shape index (κ2) is 7.44. The molecule has 1 aromatic heterocycles. The molecule has 1 aromatic carbocycles. The number of nitrogens with one attached hydrogen (secondary N) is 2. The lowest BCUT2D eigenvalue weighted by Crippen LogP contribution is -2.43. The Morgan fingerprint density at radius 1 is 1.42 bits per heavy atom. The second-order valence-electron chi connectivity index (χ2n) is 6.12. The van der Waals surface area contributed by atoms with E-state index in [1.54, 1.807) is 6.92 Å². The van der Waals surface area contributed by atoms with Crippen LogP contribution < -0.4 is 10.6 Å². The Hall–Kier alpha value is -2.41. The van der Waals surface area contributed by atoms with Crippen LogP contribution in [0, 0.1) is 6.92 Å². The van der Waals surface area contributed by atoms with Crippen molar-refractivity contribution in [1.29, 1.82) is 0 Å². The van der Waals surface area contributed by atoms with Gasteiger partial charge in [0.2, 0.25) is 5.89 Å². The summed E-state index contributed by atoms with van der Waals surface area (Å²) >= 11 is 0. The number of hydrogen-bond donors (Lipinski definition) is 2. The second-order valence-corrected chi connectivity index (χ2v) is 6.12. The largest absolute Gasteiger partial charge is 0.340 e. The fraction of sp³-hybridized carbons (Fsp3) is 0.471. The molecule has 1 aliphatic heterocycles. The van der Waals surface area contributed by atoms with Crippen LogP contribution in [-0.4, -0.2) is 40.2 Å². The fourth-order valence-corrected chi connectivity index (χ4v) is 3.01. The summed E-state index contributed by atoms with van der Waals surface area (Å²) in [4.78, 5) is 18.4. The van der Waals surface area contributed by atoms with Gasteiger partial charge in [0, 0.05) is 32.1 Å². The van der Waals surface area contributed by atoms with Crippen molar-refractivity contribution in [3.05, 3.63) is 47.6 Å². The summed E-state index contributed by atoms with van der Waals surface area (Å²) in [6, 6.07) is 10.7. The van der Waals surface area contributed by atoms with Crippen LogP contribution in [0.3, 0.4) is 0 Å². The van der Waals surface area contributed by atoms with Crippen molar-refractivity contribution in [2.24, 2.45) is 0 Å².